The lowest BCUT2D eigenvalue weighted by Crippen LogP contribution is -2.03. The number of hydrogen-bond donors (Lipinski definition) is 2. The molecule has 2 N–H and O–H groups in total. The van der Waals surface area contributed by atoms with E-state index in [4.69, 9.17) is 0 Å². The van der Waals surface area contributed by atoms with E-state index in [9.17, 15) is 10.1 Å². The summed E-state index contributed by atoms with van der Waals surface area (Å²) in [6.45, 7) is 2.52. The maximum atomic E-state index is 11.2. The molecule has 0 aliphatic rings. The summed E-state index contributed by atoms with van der Waals surface area (Å²) in [6, 6.07) is 5.13. The lowest BCUT2D eigenvalue weighted by Gasteiger charge is -2.09. The predicted molar refractivity (Wildman–Crippen MR) is 73.8 cm³/mol. The van der Waals surface area contributed by atoms with Crippen LogP contribution in [0.1, 0.15) is 6.92 Å². The van der Waals surface area contributed by atoms with Crippen LogP contribution in [0.25, 0.3) is 0 Å². The first-order chi connectivity index (χ1) is 9.11. The number of nitrogens with zero attached hydrogens (tertiary/aromatic N) is 3. The van der Waals surface area contributed by atoms with Crippen LogP contribution >= 0.6 is 0 Å². The van der Waals surface area contributed by atoms with Crippen LogP contribution in [-0.4, -0.2) is 21.2 Å². The van der Waals surface area contributed by atoms with Crippen LogP contribution in [0.3, 0.4) is 0 Å². The van der Waals surface area contributed by atoms with Gasteiger partial charge in [0, 0.05) is 19.8 Å². The van der Waals surface area contributed by atoms with Crippen molar-refractivity contribution in [2.45, 2.75) is 6.92 Å². The fraction of sp³-hybridized carbons (Fsp3) is 0.250. The number of aromatic nitrogens is 2. The largest absolute Gasteiger partial charge is 0.380 e. The molecule has 0 fully saturated rings. The van der Waals surface area contributed by atoms with E-state index < -0.39 is 4.92 Å². The van der Waals surface area contributed by atoms with Crippen molar-refractivity contribution >= 4 is 22.7 Å². The summed E-state index contributed by atoms with van der Waals surface area (Å²) >= 11 is 0. The molecule has 100 valence electrons. The fourth-order valence-corrected chi connectivity index (χ4v) is 1.82. The van der Waals surface area contributed by atoms with Gasteiger partial charge in [-0.15, -0.1) is 0 Å². The molecule has 7 nitrogen and oxygen atoms in total. The summed E-state index contributed by atoms with van der Waals surface area (Å²) in [4.78, 5) is 10.8. The number of anilines is 3. The number of aryl methyl sites for hydroxylation is 1. The third kappa shape index (κ3) is 2.82. The molecule has 0 spiro atoms. The monoisotopic (exact) mass is 261 g/mol. The summed E-state index contributed by atoms with van der Waals surface area (Å²) in [5.74, 6) is 0. The third-order valence-electron chi connectivity index (χ3n) is 2.57. The summed E-state index contributed by atoms with van der Waals surface area (Å²) < 4.78 is 1.63. The van der Waals surface area contributed by atoms with Crippen molar-refractivity contribution in [1.82, 2.24) is 9.78 Å². The average molecular weight is 261 g/mol. The standard InChI is InChI=1S/C12H15N5O2/c1-3-13-10-5-4-6-11(12(10)17(18)19)15-9-7-14-16(2)8-9/h4-8,13,15H,3H2,1-2H3. The van der Waals surface area contributed by atoms with E-state index in [1.54, 1.807) is 42.3 Å². The van der Waals surface area contributed by atoms with E-state index in [1.807, 2.05) is 6.92 Å². The minimum absolute atomic E-state index is 0.0354. The first-order valence-electron chi connectivity index (χ1n) is 5.88. The van der Waals surface area contributed by atoms with E-state index in [-0.39, 0.29) is 5.69 Å². The maximum Gasteiger partial charge on any atom is 0.315 e. The van der Waals surface area contributed by atoms with Gasteiger partial charge >= 0.3 is 5.69 Å². The van der Waals surface area contributed by atoms with E-state index >= 15 is 0 Å². The molecular weight excluding hydrogens is 246 g/mol. The van der Waals surface area contributed by atoms with Crippen molar-refractivity contribution in [3.63, 3.8) is 0 Å². The highest BCUT2D eigenvalue weighted by Crippen LogP contribution is 2.34. The lowest BCUT2D eigenvalue weighted by atomic mass is 10.2. The molecule has 2 rings (SSSR count). The lowest BCUT2D eigenvalue weighted by molar-refractivity contribution is -0.383. The fourth-order valence-electron chi connectivity index (χ4n) is 1.82. The smallest absolute Gasteiger partial charge is 0.315 e. The topological polar surface area (TPSA) is 85.0 Å². The number of rotatable bonds is 5. The number of hydrogen-bond acceptors (Lipinski definition) is 5. The molecule has 1 aromatic carbocycles. The summed E-state index contributed by atoms with van der Waals surface area (Å²) in [6.07, 6.45) is 3.37. The van der Waals surface area contributed by atoms with Crippen molar-refractivity contribution in [2.75, 3.05) is 17.2 Å². The Morgan fingerprint density at radius 1 is 1.42 bits per heavy atom. The van der Waals surface area contributed by atoms with Crippen LogP contribution in [0.15, 0.2) is 30.6 Å². The van der Waals surface area contributed by atoms with Crippen LogP contribution in [0.5, 0.6) is 0 Å². The highest BCUT2D eigenvalue weighted by Gasteiger charge is 2.19. The molecule has 0 saturated carbocycles. The third-order valence-corrected chi connectivity index (χ3v) is 2.57. The SMILES string of the molecule is CCNc1cccc(Nc2cnn(C)c2)c1[N+](=O)[O-]. The Morgan fingerprint density at radius 2 is 2.16 bits per heavy atom. The van der Waals surface area contributed by atoms with E-state index in [2.05, 4.69) is 15.7 Å². The molecule has 0 bridgehead atoms. The quantitative estimate of drug-likeness (QED) is 0.638. The maximum absolute atomic E-state index is 11.2. The summed E-state index contributed by atoms with van der Waals surface area (Å²) in [5, 5.41) is 21.2. The molecule has 0 amide bonds. The Balaban J connectivity index is 2.38. The highest BCUT2D eigenvalue weighted by molar-refractivity contribution is 5.79. The van der Waals surface area contributed by atoms with Crippen molar-refractivity contribution in [2.24, 2.45) is 7.05 Å². The van der Waals surface area contributed by atoms with Crippen LogP contribution < -0.4 is 10.6 Å². The van der Waals surface area contributed by atoms with Gasteiger partial charge in [-0.2, -0.15) is 5.10 Å². The first-order valence-corrected chi connectivity index (χ1v) is 5.88. The van der Waals surface area contributed by atoms with Crippen LogP contribution in [0, 0.1) is 10.1 Å². The second-order valence-electron chi connectivity index (χ2n) is 4.02. The van der Waals surface area contributed by atoms with Crippen LogP contribution in [-0.2, 0) is 7.05 Å². The zero-order valence-electron chi connectivity index (χ0n) is 10.8. The minimum atomic E-state index is -0.392. The second-order valence-corrected chi connectivity index (χ2v) is 4.02. The van der Waals surface area contributed by atoms with Crippen LogP contribution in [0.4, 0.5) is 22.7 Å². The number of benzene rings is 1. The van der Waals surface area contributed by atoms with Gasteiger partial charge in [0.1, 0.15) is 11.4 Å². The van der Waals surface area contributed by atoms with Gasteiger partial charge in [0.15, 0.2) is 0 Å². The Labute approximate surface area is 110 Å². The molecule has 0 saturated heterocycles. The molecule has 0 aliphatic carbocycles. The first kappa shape index (κ1) is 12.9. The average Bonchev–Trinajstić information content (AvgIpc) is 2.75. The number of nitro groups is 1. The zero-order chi connectivity index (χ0) is 13.8. The van der Waals surface area contributed by atoms with Crippen molar-refractivity contribution in [3.8, 4) is 0 Å². The van der Waals surface area contributed by atoms with Crippen molar-refractivity contribution in [1.29, 1.82) is 0 Å². The molecule has 2 aromatic rings. The molecule has 0 radical (unpaired) electrons. The van der Waals surface area contributed by atoms with Gasteiger partial charge in [-0.1, -0.05) is 6.07 Å². The number of nitrogens with one attached hydrogen (secondary N) is 2. The predicted octanol–water partition coefficient (Wildman–Crippen LogP) is 2.50. The molecule has 19 heavy (non-hydrogen) atoms. The van der Waals surface area contributed by atoms with Gasteiger partial charge in [0.05, 0.1) is 16.8 Å². The van der Waals surface area contributed by atoms with Gasteiger partial charge in [-0.25, -0.2) is 0 Å². The second kappa shape index (κ2) is 5.38. The van der Waals surface area contributed by atoms with Gasteiger partial charge in [-0.05, 0) is 19.1 Å². The molecule has 0 aliphatic heterocycles. The zero-order valence-corrected chi connectivity index (χ0v) is 10.8. The van der Waals surface area contributed by atoms with Crippen LogP contribution in [0.2, 0.25) is 0 Å². The minimum Gasteiger partial charge on any atom is -0.380 e. The molecule has 0 unspecified atom stereocenters. The number of para-hydroxylation sites is 1. The molecule has 1 heterocycles. The Bertz CT molecular complexity index is 594. The van der Waals surface area contributed by atoms with E-state index in [0.29, 0.717) is 23.6 Å². The highest BCUT2D eigenvalue weighted by atomic mass is 16.6. The van der Waals surface area contributed by atoms with Gasteiger partial charge in [0.2, 0.25) is 0 Å². The Morgan fingerprint density at radius 3 is 2.74 bits per heavy atom. The normalized spacial score (nSPS) is 10.2. The molecule has 0 atom stereocenters. The Hall–Kier alpha value is -2.57. The van der Waals surface area contributed by atoms with E-state index in [0.717, 1.165) is 0 Å². The van der Waals surface area contributed by atoms with Crippen molar-refractivity contribution in [3.05, 3.63) is 40.7 Å². The number of nitro benzene ring substituents is 1. The summed E-state index contributed by atoms with van der Waals surface area (Å²) in [5.41, 5.74) is 1.69. The molecule has 7 heteroatoms. The van der Waals surface area contributed by atoms with Gasteiger partial charge in [0.25, 0.3) is 0 Å². The van der Waals surface area contributed by atoms with E-state index in [1.165, 1.54) is 0 Å². The van der Waals surface area contributed by atoms with Crippen molar-refractivity contribution < 1.29 is 4.92 Å². The van der Waals surface area contributed by atoms with Gasteiger partial charge in [-0.3, -0.25) is 14.8 Å². The van der Waals surface area contributed by atoms with Gasteiger partial charge < -0.3 is 10.6 Å². The summed E-state index contributed by atoms with van der Waals surface area (Å²) in [7, 11) is 1.79. The Kier molecular flexibility index (Phi) is 3.65. The molecule has 1 aromatic heterocycles. The molecular formula is C12H15N5O2.